The van der Waals surface area contributed by atoms with Crippen molar-refractivity contribution in [1.29, 1.82) is 0 Å². The Hall–Kier alpha value is -2.37. The van der Waals surface area contributed by atoms with Crippen molar-refractivity contribution < 1.29 is 19.1 Å². The van der Waals surface area contributed by atoms with Crippen LogP contribution in [0.25, 0.3) is 0 Å². The third-order valence-electron chi connectivity index (χ3n) is 5.05. The second kappa shape index (κ2) is 6.86. The predicted molar refractivity (Wildman–Crippen MR) is 92.5 cm³/mol. The van der Waals surface area contributed by atoms with E-state index in [1.54, 1.807) is 18.2 Å². The molecule has 0 radical (unpaired) electrons. The van der Waals surface area contributed by atoms with Crippen molar-refractivity contribution in [2.75, 3.05) is 6.61 Å². The Bertz CT molecular complexity index is 707. The second-order valence-corrected chi connectivity index (χ2v) is 6.78. The van der Waals surface area contributed by atoms with E-state index in [1.807, 2.05) is 6.92 Å². The molecule has 1 aliphatic carbocycles. The first kappa shape index (κ1) is 17.5. The van der Waals surface area contributed by atoms with Crippen LogP contribution in [0.5, 0.6) is 5.75 Å². The summed E-state index contributed by atoms with van der Waals surface area (Å²) in [4.78, 5) is 38.3. The summed E-state index contributed by atoms with van der Waals surface area (Å²) in [5.41, 5.74) is 0.475. The molecular weight excluding hydrogens is 320 g/mol. The van der Waals surface area contributed by atoms with Gasteiger partial charge < -0.3 is 10.1 Å². The van der Waals surface area contributed by atoms with Gasteiger partial charge in [-0.2, -0.15) is 0 Å². The van der Waals surface area contributed by atoms with Gasteiger partial charge in [0.25, 0.3) is 5.91 Å². The van der Waals surface area contributed by atoms with E-state index >= 15 is 0 Å². The van der Waals surface area contributed by atoms with E-state index < -0.39 is 5.54 Å². The lowest BCUT2D eigenvalue weighted by Gasteiger charge is -2.30. The first-order chi connectivity index (χ1) is 12.0. The van der Waals surface area contributed by atoms with Gasteiger partial charge in [0.15, 0.2) is 5.78 Å². The van der Waals surface area contributed by atoms with E-state index in [9.17, 15) is 14.4 Å². The summed E-state index contributed by atoms with van der Waals surface area (Å²) < 4.78 is 5.61. The van der Waals surface area contributed by atoms with Crippen LogP contribution in [-0.2, 0) is 11.3 Å². The predicted octanol–water partition coefficient (Wildman–Crippen LogP) is 3.04. The van der Waals surface area contributed by atoms with Crippen LogP contribution in [0.1, 0.15) is 61.9 Å². The number of hydrogen-bond acceptors (Lipinski definition) is 4. The number of rotatable bonds is 5. The number of amides is 3. The summed E-state index contributed by atoms with van der Waals surface area (Å²) in [6.45, 7) is 3.94. The summed E-state index contributed by atoms with van der Waals surface area (Å²) in [5, 5.41) is 2.91. The molecule has 1 saturated heterocycles. The molecule has 3 amide bonds. The Morgan fingerprint density at radius 1 is 1.24 bits per heavy atom. The molecule has 1 heterocycles. The van der Waals surface area contributed by atoms with Crippen molar-refractivity contribution in [3.63, 3.8) is 0 Å². The lowest BCUT2D eigenvalue weighted by molar-refractivity contribution is -0.132. The molecule has 2 fully saturated rings. The number of Topliss-reactive ketones (excluding diaryl/α,β-unsaturated/α-hetero) is 1. The monoisotopic (exact) mass is 344 g/mol. The first-order valence-electron chi connectivity index (χ1n) is 8.87. The molecule has 3 rings (SSSR count). The van der Waals surface area contributed by atoms with Gasteiger partial charge in [-0.25, -0.2) is 4.79 Å². The summed E-state index contributed by atoms with van der Waals surface area (Å²) in [6.07, 6.45) is 4.38. The van der Waals surface area contributed by atoms with E-state index in [0.29, 0.717) is 36.3 Å². The Morgan fingerprint density at radius 2 is 1.96 bits per heavy atom. The summed E-state index contributed by atoms with van der Waals surface area (Å²) in [7, 11) is 0. The molecule has 0 bridgehead atoms. The number of imide groups is 1. The molecule has 6 nitrogen and oxygen atoms in total. The van der Waals surface area contributed by atoms with Gasteiger partial charge in [0.2, 0.25) is 0 Å². The summed E-state index contributed by atoms with van der Waals surface area (Å²) in [6, 6.07) is 4.78. The van der Waals surface area contributed by atoms with Crippen LogP contribution in [0, 0.1) is 0 Å². The fraction of sp³-hybridized carbons (Fsp3) is 0.526. The fourth-order valence-corrected chi connectivity index (χ4v) is 3.70. The average molecular weight is 344 g/mol. The van der Waals surface area contributed by atoms with E-state index in [2.05, 4.69) is 5.32 Å². The number of ether oxygens (including phenoxy) is 1. The van der Waals surface area contributed by atoms with E-state index in [-0.39, 0.29) is 24.3 Å². The van der Waals surface area contributed by atoms with Crippen molar-refractivity contribution in [1.82, 2.24) is 10.2 Å². The molecule has 1 N–H and O–H groups in total. The van der Waals surface area contributed by atoms with Crippen LogP contribution in [0.15, 0.2) is 18.2 Å². The molecule has 1 saturated carbocycles. The number of hydrogen-bond donors (Lipinski definition) is 1. The number of ketones is 1. The molecule has 25 heavy (non-hydrogen) atoms. The fourth-order valence-electron chi connectivity index (χ4n) is 3.70. The minimum absolute atomic E-state index is 0.0646. The zero-order chi connectivity index (χ0) is 18.0. The SMILES string of the molecule is CCOc1ccc(C(C)=O)cc1CN1C(=O)NC2(CCCCC2)C1=O. The van der Waals surface area contributed by atoms with Gasteiger partial charge in [-0.05, 0) is 44.9 Å². The van der Waals surface area contributed by atoms with Gasteiger partial charge in [0.05, 0.1) is 13.2 Å². The van der Waals surface area contributed by atoms with Crippen LogP contribution < -0.4 is 10.1 Å². The lowest BCUT2D eigenvalue weighted by Crippen LogP contribution is -2.48. The zero-order valence-electron chi connectivity index (χ0n) is 14.8. The summed E-state index contributed by atoms with van der Waals surface area (Å²) >= 11 is 0. The van der Waals surface area contributed by atoms with Gasteiger partial charge >= 0.3 is 6.03 Å². The Morgan fingerprint density at radius 3 is 2.60 bits per heavy atom. The van der Waals surface area contributed by atoms with E-state index in [4.69, 9.17) is 4.74 Å². The molecule has 1 aliphatic heterocycles. The molecule has 2 aliphatic rings. The topological polar surface area (TPSA) is 75.7 Å². The maximum atomic E-state index is 12.9. The van der Waals surface area contributed by atoms with Crippen LogP contribution in [0.4, 0.5) is 4.79 Å². The Labute approximate surface area is 147 Å². The van der Waals surface area contributed by atoms with Gasteiger partial charge in [-0.1, -0.05) is 19.3 Å². The van der Waals surface area contributed by atoms with Crippen molar-refractivity contribution in [2.45, 2.75) is 58.0 Å². The Kier molecular flexibility index (Phi) is 4.79. The average Bonchev–Trinajstić information content (AvgIpc) is 2.81. The third-order valence-corrected chi connectivity index (χ3v) is 5.05. The normalized spacial score (nSPS) is 19.2. The zero-order valence-corrected chi connectivity index (χ0v) is 14.8. The Balaban J connectivity index is 1.88. The van der Waals surface area contributed by atoms with Gasteiger partial charge in [0.1, 0.15) is 11.3 Å². The standard InChI is InChI=1S/C19H24N2O4/c1-3-25-16-8-7-14(13(2)22)11-15(16)12-21-17(23)19(20-18(21)24)9-5-4-6-10-19/h7-8,11H,3-6,9-10,12H2,1-2H3,(H,20,24). The highest BCUT2D eigenvalue weighted by atomic mass is 16.5. The molecule has 0 unspecified atom stereocenters. The van der Waals surface area contributed by atoms with Crippen molar-refractivity contribution in [3.05, 3.63) is 29.3 Å². The molecule has 1 aromatic rings. The molecular formula is C19H24N2O4. The lowest BCUT2D eigenvalue weighted by atomic mass is 9.82. The molecule has 0 atom stereocenters. The number of carbonyl (C=O) groups excluding carboxylic acids is 3. The quantitative estimate of drug-likeness (QED) is 0.658. The van der Waals surface area contributed by atoms with E-state index in [0.717, 1.165) is 19.3 Å². The largest absolute Gasteiger partial charge is 0.494 e. The van der Waals surface area contributed by atoms with Crippen LogP contribution >= 0.6 is 0 Å². The van der Waals surface area contributed by atoms with Crippen LogP contribution in [-0.4, -0.2) is 34.8 Å². The van der Waals surface area contributed by atoms with Gasteiger partial charge in [0, 0.05) is 11.1 Å². The second-order valence-electron chi connectivity index (χ2n) is 6.78. The van der Waals surface area contributed by atoms with Gasteiger partial charge in [-0.15, -0.1) is 0 Å². The number of carbonyl (C=O) groups is 3. The minimum atomic E-state index is -0.737. The number of benzene rings is 1. The number of urea groups is 1. The summed E-state index contributed by atoms with van der Waals surface area (Å²) in [5.74, 6) is 0.371. The van der Waals surface area contributed by atoms with Gasteiger partial charge in [-0.3, -0.25) is 14.5 Å². The molecule has 0 aromatic heterocycles. The number of nitrogens with one attached hydrogen (secondary N) is 1. The molecule has 1 spiro atoms. The first-order valence-corrected chi connectivity index (χ1v) is 8.87. The maximum absolute atomic E-state index is 12.9. The minimum Gasteiger partial charge on any atom is -0.494 e. The molecule has 6 heteroatoms. The third kappa shape index (κ3) is 3.25. The van der Waals surface area contributed by atoms with Crippen molar-refractivity contribution in [3.8, 4) is 5.75 Å². The van der Waals surface area contributed by atoms with Crippen LogP contribution in [0.2, 0.25) is 0 Å². The highest BCUT2D eigenvalue weighted by Gasteiger charge is 2.51. The molecule has 134 valence electrons. The van der Waals surface area contributed by atoms with Crippen molar-refractivity contribution >= 4 is 17.7 Å². The van der Waals surface area contributed by atoms with E-state index in [1.165, 1.54) is 11.8 Å². The smallest absolute Gasteiger partial charge is 0.325 e. The highest BCUT2D eigenvalue weighted by molar-refractivity contribution is 6.07. The number of nitrogens with zero attached hydrogens (tertiary/aromatic N) is 1. The maximum Gasteiger partial charge on any atom is 0.325 e. The van der Waals surface area contributed by atoms with Crippen molar-refractivity contribution in [2.24, 2.45) is 0 Å². The molecule has 1 aromatic carbocycles. The van der Waals surface area contributed by atoms with Crippen LogP contribution in [0.3, 0.4) is 0 Å². The highest BCUT2D eigenvalue weighted by Crippen LogP contribution is 2.35.